The molecule has 0 unspecified atom stereocenters. The van der Waals surface area contributed by atoms with Crippen LogP contribution in [0.25, 0.3) is 6.08 Å². The van der Waals surface area contributed by atoms with E-state index in [-0.39, 0.29) is 5.91 Å². The summed E-state index contributed by atoms with van der Waals surface area (Å²) in [7, 11) is 1.60. The topological polar surface area (TPSA) is 64.3 Å². The molecule has 3 N–H and O–H groups in total. The Morgan fingerprint density at radius 3 is 2.81 bits per heavy atom. The van der Waals surface area contributed by atoms with Crippen molar-refractivity contribution < 1.29 is 9.53 Å². The summed E-state index contributed by atoms with van der Waals surface area (Å²) in [5.41, 5.74) is 7.53. The van der Waals surface area contributed by atoms with Gasteiger partial charge in [0.05, 0.1) is 17.8 Å². The van der Waals surface area contributed by atoms with E-state index in [2.05, 4.69) is 5.32 Å². The molecule has 0 bridgehead atoms. The minimum absolute atomic E-state index is 0.274. The van der Waals surface area contributed by atoms with Crippen molar-refractivity contribution in [3.05, 3.63) is 59.1 Å². The average Bonchev–Trinajstić information content (AvgIpc) is 2.48. The summed E-state index contributed by atoms with van der Waals surface area (Å²) in [6.07, 6.45) is 3.13. The number of nitrogens with two attached hydrogens (primary N) is 1. The molecular weight excluding hydrogens is 288 g/mol. The Balaban J connectivity index is 2.05. The lowest BCUT2D eigenvalue weighted by molar-refractivity contribution is -0.111. The second kappa shape index (κ2) is 6.81. The monoisotopic (exact) mass is 302 g/mol. The van der Waals surface area contributed by atoms with E-state index in [0.29, 0.717) is 16.4 Å². The number of rotatable bonds is 4. The van der Waals surface area contributed by atoms with Crippen molar-refractivity contribution in [3.63, 3.8) is 0 Å². The third kappa shape index (κ3) is 4.26. The number of carbonyl (C=O) groups excluding carboxylic acids is 1. The Labute approximate surface area is 128 Å². The van der Waals surface area contributed by atoms with Gasteiger partial charge < -0.3 is 15.8 Å². The summed E-state index contributed by atoms with van der Waals surface area (Å²) in [6.45, 7) is 0. The predicted molar refractivity (Wildman–Crippen MR) is 86.5 cm³/mol. The Kier molecular flexibility index (Phi) is 4.85. The van der Waals surface area contributed by atoms with E-state index in [1.165, 1.54) is 6.08 Å². The smallest absolute Gasteiger partial charge is 0.248 e. The van der Waals surface area contributed by atoms with Crippen LogP contribution in [0, 0.1) is 0 Å². The molecule has 0 aliphatic rings. The number of carbonyl (C=O) groups is 1. The Hall–Kier alpha value is -2.46. The molecule has 0 aliphatic carbocycles. The van der Waals surface area contributed by atoms with Gasteiger partial charge in [0.15, 0.2) is 0 Å². The molecule has 0 saturated carbocycles. The lowest BCUT2D eigenvalue weighted by Crippen LogP contribution is -2.08. The van der Waals surface area contributed by atoms with Gasteiger partial charge in [-0.15, -0.1) is 0 Å². The zero-order chi connectivity index (χ0) is 15.2. The van der Waals surface area contributed by atoms with Crippen LogP contribution in [0.15, 0.2) is 48.5 Å². The van der Waals surface area contributed by atoms with Crippen LogP contribution in [0.4, 0.5) is 11.4 Å². The number of methoxy groups -OCH3 is 1. The highest BCUT2D eigenvalue weighted by molar-refractivity contribution is 6.34. The second-order valence-electron chi connectivity index (χ2n) is 4.34. The number of halogens is 1. The maximum Gasteiger partial charge on any atom is 0.248 e. The van der Waals surface area contributed by atoms with Gasteiger partial charge >= 0.3 is 0 Å². The van der Waals surface area contributed by atoms with Crippen molar-refractivity contribution in [2.24, 2.45) is 0 Å². The first-order valence-corrected chi connectivity index (χ1v) is 6.64. The van der Waals surface area contributed by atoms with Gasteiger partial charge in [-0.25, -0.2) is 0 Å². The van der Waals surface area contributed by atoms with Gasteiger partial charge in [0.2, 0.25) is 5.91 Å². The molecule has 0 fully saturated rings. The van der Waals surface area contributed by atoms with E-state index in [9.17, 15) is 4.79 Å². The quantitative estimate of drug-likeness (QED) is 0.670. The zero-order valence-electron chi connectivity index (χ0n) is 11.5. The van der Waals surface area contributed by atoms with Crippen LogP contribution >= 0.6 is 11.6 Å². The highest BCUT2D eigenvalue weighted by Gasteiger charge is 2.03. The molecule has 0 radical (unpaired) electrons. The third-order valence-corrected chi connectivity index (χ3v) is 3.08. The molecule has 5 heteroatoms. The van der Waals surface area contributed by atoms with Crippen LogP contribution in [0.5, 0.6) is 5.75 Å². The molecule has 2 rings (SSSR count). The van der Waals surface area contributed by atoms with Gasteiger partial charge in [-0.05, 0) is 42.0 Å². The molecule has 0 atom stereocenters. The van der Waals surface area contributed by atoms with Crippen LogP contribution in [-0.4, -0.2) is 13.0 Å². The molecule has 2 aromatic rings. The van der Waals surface area contributed by atoms with Crippen LogP contribution in [0.2, 0.25) is 5.02 Å². The first kappa shape index (κ1) is 14.9. The number of nitrogen functional groups attached to an aromatic ring is 1. The molecule has 1 amide bonds. The number of nitrogens with one attached hydrogen (secondary N) is 1. The van der Waals surface area contributed by atoms with Crippen molar-refractivity contribution in [1.82, 2.24) is 0 Å². The second-order valence-corrected chi connectivity index (χ2v) is 4.75. The third-order valence-electron chi connectivity index (χ3n) is 2.77. The molecular formula is C16H15ClN2O2. The van der Waals surface area contributed by atoms with Gasteiger partial charge in [0.25, 0.3) is 0 Å². The van der Waals surface area contributed by atoms with E-state index >= 15 is 0 Å². The predicted octanol–water partition coefficient (Wildman–Crippen LogP) is 3.58. The van der Waals surface area contributed by atoms with Gasteiger partial charge in [0, 0.05) is 11.8 Å². The summed E-state index contributed by atoms with van der Waals surface area (Å²) < 4.78 is 5.12. The van der Waals surface area contributed by atoms with Crippen molar-refractivity contribution in [2.75, 3.05) is 18.2 Å². The largest absolute Gasteiger partial charge is 0.497 e. The number of anilines is 2. The van der Waals surface area contributed by atoms with Crippen molar-refractivity contribution in [2.45, 2.75) is 0 Å². The average molecular weight is 303 g/mol. The molecule has 108 valence electrons. The van der Waals surface area contributed by atoms with Crippen LogP contribution < -0.4 is 15.8 Å². The van der Waals surface area contributed by atoms with Gasteiger partial charge in [0.1, 0.15) is 5.75 Å². The lowest BCUT2D eigenvalue weighted by Gasteiger charge is -2.05. The first-order valence-electron chi connectivity index (χ1n) is 6.26. The van der Waals surface area contributed by atoms with E-state index in [1.807, 2.05) is 24.3 Å². The van der Waals surface area contributed by atoms with E-state index in [1.54, 1.807) is 31.4 Å². The highest BCUT2D eigenvalue weighted by atomic mass is 35.5. The SMILES string of the molecule is COc1cccc(/C=C/C(=O)Nc2ccc(N)cc2Cl)c1. The Morgan fingerprint density at radius 1 is 1.29 bits per heavy atom. The minimum Gasteiger partial charge on any atom is -0.497 e. The van der Waals surface area contributed by atoms with E-state index < -0.39 is 0 Å². The first-order chi connectivity index (χ1) is 10.1. The molecule has 0 aromatic heterocycles. The van der Waals surface area contributed by atoms with Crippen molar-refractivity contribution in [1.29, 1.82) is 0 Å². The zero-order valence-corrected chi connectivity index (χ0v) is 12.2. The fraction of sp³-hybridized carbons (Fsp3) is 0.0625. The van der Waals surface area contributed by atoms with Gasteiger partial charge in [-0.3, -0.25) is 4.79 Å². The fourth-order valence-corrected chi connectivity index (χ4v) is 1.96. The fourth-order valence-electron chi connectivity index (χ4n) is 1.72. The molecule has 0 heterocycles. The standard InChI is InChI=1S/C16H15ClN2O2/c1-21-13-4-2-3-11(9-13)5-8-16(20)19-15-7-6-12(18)10-14(15)17/h2-10H,18H2,1H3,(H,19,20)/b8-5+. The summed E-state index contributed by atoms with van der Waals surface area (Å²) >= 11 is 5.99. The van der Waals surface area contributed by atoms with Crippen LogP contribution in [-0.2, 0) is 4.79 Å². The molecule has 2 aromatic carbocycles. The maximum absolute atomic E-state index is 11.9. The Bertz CT molecular complexity index is 684. The van der Waals surface area contributed by atoms with Gasteiger partial charge in [-0.2, -0.15) is 0 Å². The summed E-state index contributed by atoms with van der Waals surface area (Å²) in [5, 5.41) is 3.09. The molecule has 0 saturated heterocycles. The lowest BCUT2D eigenvalue weighted by atomic mass is 10.2. The van der Waals surface area contributed by atoms with Gasteiger partial charge in [-0.1, -0.05) is 23.7 Å². The Morgan fingerprint density at radius 2 is 2.10 bits per heavy atom. The summed E-state index contributed by atoms with van der Waals surface area (Å²) in [6, 6.07) is 12.3. The number of amides is 1. The number of benzene rings is 2. The molecule has 21 heavy (non-hydrogen) atoms. The highest BCUT2D eigenvalue weighted by Crippen LogP contribution is 2.24. The number of hydrogen-bond acceptors (Lipinski definition) is 3. The maximum atomic E-state index is 11.9. The minimum atomic E-state index is -0.274. The molecule has 4 nitrogen and oxygen atoms in total. The number of ether oxygens (including phenoxy) is 1. The van der Waals surface area contributed by atoms with Crippen molar-refractivity contribution in [3.8, 4) is 5.75 Å². The van der Waals surface area contributed by atoms with Crippen LogP contribution in [0.3, 0.4) is 0 Å². The number of hydrogen-bond donors (Lipinski definition) is 2. The van der Waals surface area contributed by atoms with E-state index in [4.69, 9.17) is 22.1 Å². The summed E-state index contributed by atoms with van der Waals surface area (Å²) in [4.78, 5) is 11.9. The van der Waals surface area contributed by atoms with Crippen LogP contribution in [0.1, 0.15) is 5.56 Å². The molecule has 0 spiro atoms. The van der Waals surface area contributed by atoms with E-state index in [0.717, 1.165) is 11.3 Å². The normalized spacial score (nSPS) is 10.6. The summed E-state index contributed by atoms with van der Waals surface area (Å²) in [5.74, 6) is 0.462. The molecule has 0 aliphatic heterocycles. The van der Waals surface area contributed by atoms with Crippen molar-refractivity contribution >= 4 is 35.0 Å².